The number of H-pyrrole nitrogens is 1. The van der Waals surface area contributed by atoms with Gasteiger partial charge in [-0.05, 0) is 12.1 Å². The van der Waals surface area contributed by atoms with Gasteiger partial charge in [0.05, 0.1) is 11.3 Å². The number of aromatic amines is 1. The van der Waals surface area contributed by atoms with Crippen LogP contribution in [0.4, 0.5) is 0 Å². The molecule has 1 aliphatic rings. The molecule has 0 radical (unpaired) electrons. The van der Waals surface area contributed by atoms with Gasteiger partial charge < -0.3 is 5.11 Å². The summed E-state index contributed by atoms with van der Waals surface area (Å²) in [4.78, 5) is 23.7. The third-order valence-electron chi connectivity index (χ3n) is 3.62. The number of hydrogen-bond donors (Lipinski definition) is 2. The van der Waals surface area contributed by atoms with Crippen LogP contribution >= 0.6 is 0 Å². The number of carboxylic acids is 1. The van der Waals surface area contributed by atoms with Crippen molar-refractivity contribution in [2.75, 3.05) is 0 Å². The minimum Gasteiger partial charge on any atom is -0.478 e. The monoisotopic (exact) mass is 264 g/mol. The molecule has 1 aliphatic carbocycles. The van der Waals surface area contributed by atoms with Crippen molar-refractivity contribution in [1.82, 2.24) is 10.2 Å². The molecule has 0 unspecified atom stereocenters. The fraction of sp³-hybridized carbons (Fsp3) is 0. The first-order valence-corrected chi connectivity index (χ1v) is 6.07. The van der Waals surface area contributed by atoms with E-state index in [2.05, 4.69) is 10.2 Å². The Hall–Kier alpha value is -2.95. The fourth-order valence-electron chi connectivity index (χ4n) is 2.73. The third kappa shape index (κ3) is 1.19. The highest BCUT2D eigenvalue weighted by Gasteiger charge is 2.28. The lowest BCUT2D eigenvalue weighted by atomic mass is 9.86. The number of benzene rings is 2. The van der Waals surface area contributed by atoms with Crippen LogP contribution < -0.4 is 0 Å². The van der Waals surface area contributed by atoms with Crippen LogP contribution in [0, 0.1) is 0 Å². The second-order valence-corrected chi connectivity index (χ2v) is 4.66. The Morgan fingerprint density at radius 1 is 1.05 bits per heavy atom. The summed E-state index contributed by atoms with van der Waals surface area (Å²) in [6.45, 7) is 0. The zero-order chi connectivity index (χ0) is 13.9. The highest BCUT2D eigenvalue weighted by molar-refractivity contribution is 6.26. The number of ketones is 1. The van der Waals surface area contributed by atoms with Crippen molar-refractivity contribution < 1.29 is 14.7 Å². The van der Waals surface area contributed by atoms with Gasteiger partial charge in [0, 0.05) is 22.1 Å². The Balaban J connectivity index is 2.20. The molecule has 0 aliphatic heterocycles. The van der Waals surface area contributed by atoms with Crippen molar-refractivity contribution in [1.29, 1.82) is 0 Å². The maximum Gasteiger partial charge on any atom is 0.337 e. The van der Waals surface area contributed by atoms with Gasteiger partial charge in [-0.2, -0.15) is 5.10 Å². The first-order valence-electron chi connectivity index (χ1n) is 6.07. The normalized spacial score (nSPS) is 12.5. The number of rotatable bonds is 1. The fourth-order valence-corrected chi connectivity index (χ4v) is 2.73. The van der Waals surface area contributed by atoms with E-state index in [0.29, 0.717) is 27.7 Å². The van der Waals surface area contributed by atoms with Crippen LogP contribution in [0.5, 0.6) is 0 Å². The van der Waals surface area contributed by atoms with Crippen LogP contribution in [-0.4, -0.2) is 27.1 Å². The predicted molar refractivity (Wildman–Crippen MR) is 71.9 cm³/mol. The summed E-state index contributed by atoms with van der Waals surface area (Å²) in [6, 6.07) is 10.2. The van der Waals surface area contributed by atoms with Gasteiger partial charge in [0.2, 0.25) is 0 Å². The number of fused-ring (bicyclic) bond motifs is 2. The van der Waals surface area contributed by atoms with E-state index < -0.39 is 5.97 Å². The maximum atomic E-state index is 12.5. The van der Waals surface area contributed by atoms with Crippen molar-refractivity contribution in [2.24, 2.45) is 0 Å². The van der Waals surface area contributed by atoms with E-state index in [9.17, 15) is 14.7 Å². The first-order chi connectivity index (χ1) is 9.68. The number of aromatic nitrogens is 2. The number of nitrogens with zero attached hydrogens (tertiary/aromatic N) is 1. The molecule has 5 nitrogen and oxygen atoms in total. The SMILES string of the molecule is O=C(O)c1ccc2c3c([nH]nc13)-c1ccccc1C2=O. The number of nitrogens with one attached hydrogen (secondary N) is 1. The van der Waals surface area contributed by atoms with Crippen LogP contribution in [0.25, 0.3) is 22.2 Å². The number of carbonyl (C=O) groups excluding carboxylic acids is 1. The predicted octanol–water partition coefficient (Wildman–Crippen LogP) is 2.47. The molecule has 1 heterocycles. The average Bonchev–Trinajstić information content (AvgIpc) is 2.89. The molecule has 2 N–H and O–H groups in total. The lowest BCUT2D eigenvalue weighted by molar-refractivity contribution is 0.0698. The van der Waals surface area contributed by atoms with Crippen molar-refractivity contribution in [2.45, 2.75) is 0 Å². The highest BCUT2D eigenvalue weighted by Crippen LogP contribution is 2.38. The van der Waals surface area contributed by atoms with Crippen LogP contribution in [0.3, 0.4) is 0 Å². The standard InChI is InChI=1S/C15H8N2O3/c18-14-8-4-2-1-3-7(8)12-11-9(14)5-6-10(15(19)20)13(11)17-16-12/h1-6H,(H,16,17)(H,19,20). The minimum absolute atomic E-state index is 0.0958. The molecule has 1 aromatic heterocycles. The zero-order valence-corrected chi connectivity index (χ0v) is 10.2. The molecule has 5 heteroatoms. The topological polar surface area (TPSA) is 83.0 Å². The average molecular weight is 264 g/mol. The summed E-state index contributed by atoms with van der Waals surface area (Å²) in [5.74, 6) is -1.16. The van der Waals surface area contributed by atoms with Gasteiger partial charge in [-0.25, -0.2) is 4.79 Å². The molecule has 96 valence electrons. The number of hydrogen-bond acceptors (Lipinski definition) is 3. The van der Waals surface area contributed by atoms with E-state index in [-0.39, 0.29) is 11.3 Å². The Bertz CT molecular complexity index is 909. The van der Waals surface area contributed by atoms with E-state index >= 15 is 0 Å². The van der Waals surface area contributed by atoms with Crippen molar-refractivity contribution >= 4 is 22.7 Å². The Morgan fingerprint density at radius 2 is 1.80 bits per heavy atom. The molecule has 3 aromatic rings. The Labute approximate surface area is 112 Å². The lowest BCUT2D eigenvalue weighted by Crippen LogP contribution is -2.10. The molecule has 20 heavy (non-hydrogen) atoms. The summed E-state index contributed by atoms with van der Waals surface area (Å²) < 4.78 is 0. The van der Waals surface area contributed by atoms with E-state index in [1.807, 2.05) is 12.1 Å². The van der Waals surface area contributed by atoms with E-state index in [1.165, 1.54) is 6.07 Å². The van der Waals surface area contributed by atoms with Crippen molar-refractivity contribution in [3.8, 4) is 11.3 Å². The van der Waals surface area contributed by atoms with Gasteiger partial charge in [0.1, 0.15) is 5.52 Å². The van der Waals surface area contributed by atoms with Crippen LogP contribution in [0.1, 0.15) is 26.3 Å². The van der Waals surface area contributed by atoms with Gasteiger partial charge >= 0.3 is 5.97 Å². The number of aromatic carboxylic acids is 1. The Morgan fingerprint density at radius 3 is 2.55 bits per heavy atom. The second-order valence-electron chi connectivity index (χ2n) is 4.66. The van der Waals surface area contributed by atoms with E-state index in [0.717, 1.165) is 5.56 Å². The zero-order valence-electron chi connectivity index (χ0n) is 10.2. The van der Waals surface area contributed by atoms with E-state index in [1.54, 1.807) is 18.2 Å². The molecule has 0 bridgehead atoms. The van der Waals surface area contributed by atoms with Crippen molar-refractivity contribution in [3.05, 3.63) is 53.1 Å². The molecule has 0 saturated carbocycles. The second kappa shape index (κ2) is 3.54. The number of carboxylic acid groups (broad SMARTS) is 1. The molecule has 2 aromatic carbocycles. The maximum absolute atomic E-state index is 12.5. The number of carbonyl (C=O) groups is 2. The Kier molecular flexibility index (Phi) is 1.93. The molecule has 0 spiro atoms. The molecule has 4 rings (SSSR count). The van der Waals surface area contributed by atoms with Gasteiger partial charge in [0.25, 0.3) is 0 Å². The molecular weight excluding hydrogens is 256 g/mol. The lowest BCUT2D eigenvalue weighted by Gasteiger charge is -2.15. The van der Waals surface area contributed by atoms with Gasteiger partial charge in [-0.15, -0.1) is 0 Å². The smallest absolute Gasteiger partial charge is 0.337 e. The summed E-state index contributed by atoms with van der Waals surface area (Å²) in [7, 11) is 0. The van der Waals surface area contributed by atoms with Gasteiger partial charge in [-0.1, -0.05) is 24.3 Å². The van der Waals surface area contributed by atoms with E-state index in [4.69, 9.17) is 0 Å². The molecule has 0 atom stereocenters. The van der Waals surface area contributed by atoms with Crippen molar-refractivity contribution in [3.63, 3.8) is 0 Å². The first kappa shape index (κ1) is 10.9. The van der Waals surface area contributed by atoms with Crippen LogP contribution in [-0.2, 0) is 0 Å². The third-order valence-corrected chi connectivity index (χ3v) is 3.62. The molecule has 0 amide bonds. The quantitative estimate of drug-likeness (QED) is 0.553. The summed E-state index contributed by atoms with van der Waals surface area (Å²) >= 11 is 0. The van der Waals surface area contributed by atoms with Crippen LogP contribution in [0.15, 0.2) is 36.4 Å². The largest absolute Gasteiger partial charge is 0.478 e. The molecular formula is C15H8N2O3. The highest BCUT2D eigenvalue weighted by atomic mass is 16.4. The summed E-state index contributed by atoms with van der Waals surface area (Å²) in [5, 5.41) is 16.7. The molecule has 0 saturated heterocycles. The van der Waals surface area contributed by atoms with Crippen LogP contribution in [0.2, 0.25) is 0 Å². The summed E-state index contributed by atoms with van der Waals surface area (Å²) in [6.07, 6.45) is 0. The minimum atomic E-state index is -1.05. The molecule has 0 fully saturated rings. The van der Waals surface area contributed by atoms with Gasteiger partial charge in [-0.3, -0.25) is 9.89 Å². The van der Waals surface area contributed by atoms with Gasteiger partial charge in [0.15, 0.2) is 5.78 Å². The summed E-state index contributed by atoms with van der Waals surface area (Å²) in [5.41, 5.74) is 2.98.